The molecule has 3 heterocycles. The topological polar surface area (TPSA) is 72.5 Å². The molecule has 0 aliphatic carbocycles. The molecule has 6 nitrogen and oxygen atoms in total. The van der Waals surface area contributed by atoms with Crippen LogP contribution in [-0.4, -0.2) is 36.8 Å². The van der Waals surface area contributed by atoms with E-state index in [4.69, 9.17) is 9.47 Å². The van der Waals surface area contributed by atoms with Gasteiger partial charge in [-0.25, -0.2) is 4.98 Å². The molecule has 0 bridgehead atoms. The first kappa shape index (κ1) is 14.5. The van der Waals surface area contributed by atoms with Gasteiger partial charge in [0.25, 0.3) is 5.91 Å². The first-order valence-electron chi connectivity index (χ1n) is 7.66. The minimum absolute atomic E-state index is 0.0698. The highest BCUT2D eigenvalue weighted by Crippen LogP contribution is 2.33. The van der Waals surface area contributed by atoms with Crippen LogP contribution in [-0.2, 0) is 9.53 Å². The molecule has 0 spiro atoms. The first-order chi connectivity index (χ1) is 11.3. The third-order valence-corrected chi connectivity index (χ3v) is 4.72. The second kappa shape index (κ2) is 6.17. The number of hydrogen-bond acceptors (Lipinski definition) is 6. The molecule has 0 saturated carbocycles. The van der Waals surface area contributed by atoms with Crippen LogP contribution in [0.2, 0.25) is 0 Å². The summed E-state index contributed by atoms with van der Waals surface area (Å²) in [5.74, 6) is 0.562. The van der Waals surface area contributed by atoms with Crippen molar-refractivity contribution in [3.05, 3.63) is 23.6 Å². The molecule has 1 amide bonds. The number of nitrogens with zero attached hydrogens (tertiary/aromatic N) is 1. The molecule has 2 aliphatic rings. The second-order valence-electron chi connectivity index (χ2n) is 5.60. The highest BCUT2D eigenvalue weighted by molar-refractivity contribution is 7.14. The van der Waals surface area contributed by atoms with E-state index in [2.05, 4.69) is 15.6 Å². The van der Waals surface area contributed by atoms with E-state index < -0.39 is 0 Å². The van der Waals surface area contributed by atoms with Gasteiger partial charge in [-0.1, -0.05) is 0 Å². The summed E-state index contributed by atoms with van der Waals surface area (Å²) in [6.45, 7) is 1.72. The lowest BCUT2D eigenvalue weighted by molar-refractivity contribution is -0.118. The normalized spacial score (nSPS) is 19.8. The molecule has 7 heteroatoms. The van der Waals surface area contributed by atoms with Crippen LogP contribution in [0.3, 0.4) is 0 Å². The Hall–Kier alpha value is -2.12. The van der Waals surface area contributed by atoms with Crippen LogP contribution in [0.5, 0.6) is 5.75 Å². The van der Waals surface area contributed by atoms with Gasteiger partial charge < -0.3 is 20.1 Å². The Labute approximate surface area is 137 Å². The molecule has 1 saturated heterocycles. The molecular formula is C16H17N3O3S. The third-order valence-electron chi connectivity index (χ3n) is 3.92. The number of ether oxygens (including phenoxy) is 2. The van der Waals surface area contributed by atoms with E-state index in [0.29, 0.717) is 17.5 Å². The number of fused-ring (bicyclic) bond motifs is 1. The maximum absolute atomic E-state index is 11.4. The smallest absolute Gasteiger partial charge is 0.262 e. The minimum atomic E-state index is -0.133. The average molecular weight is 331 g/mol. The van der Waals surface area contributed by atoms with Crippen LogP contribution in [0.1, 0.15) is 12.8 Å². The van der Waals surface area contributed by atoms with E-state index >= 15 is 0 Å². The number of hydrogen-bond donors (Lipinski definition) is 2. The van der Waals surface area contributed by atoms with Gasteiger partial charge in [-0.3, -0.25) is 4.79 Å². The Balaban J connectivity index is 1.47. The Kier molecular flexibility index (Phi) is 3.88. The van der Waals surface area contributed by atoms with Crippen LogP contribution in [0.25, 0.3) is 11.3 Å². The SMILES string of the molecule is O=C1COc2ccc(-c3csc(NC[C@@H]4CCCO4)n3)cc2N1. The van der Waals surface area contributed by atoms with Gasteiger partial charge in [-0.05, 0) is 31.0 Å². The standard InChI is InChI=1S/C16H17N3O3S/c20-15-8-22-14-4-3-10(6-12(14)18-15)13-9-23-16(19-13)17-7-11-2-1-5-21-11/h3-4,6,9,11H,1-2,5,7-8H2,(H,17,19)(H,18,20)/t11-/m0/s1. The second-order valence-corrected chi connectivity index (χ2v) is 6.46. The van der Waals surface area contributed by atoms with Crippen LogP contribution < -0.4 is 15.4 Å². The van der Waals surface area contributed by atoms with Crippen LogP contribution in [0.4, 0.5) is 10.8 Å². The summed E-state index contributed by atoms with van der Waals surface area (Å²) in [5, 5.41) is 9.04. The molecule has 1 aromatic heterocycles. The van der Waals surface area contributed by atoms with E-state index in [1.807, 2.05) is 23.6 Å². The molecule has 1 atom stereocenters. The van der Waals surface area contributed by atoms with E-state index in [1.165, 1.54) is 0 Å². The number of thiazole rings is 1. The van der Waals surface area contributed by atoms with Crippen molar-refractivity contribution in [2.45, 2.75) is 18.9 Å². The summed E-state index contributed by atoms with van der Waals surface area (Å²) in [4.78, 5) is 16.0. The number of carbonyl (C=O) groups excluding carboxylic acids is 1. The van der Waals surface area contributed by atoms with E-state index in [9.17, 15) is 4.79 Å². The maximum atomic E-state index is 11.4. The van der Waals surface area contributed by atoms with Crippen LogP contribution >= 0.6 is 11.3 Å². The quantitative estimate of drug-likeness (QED) is 0.901. The Morgan fingerprint density at radius 3 is 3.26 bits per heavy atom. The third kappa shape index (κ3) is 3.16. The highest BCUT2D eigenvalue weighted by Gasteiger charge is 2.18. The lowest BCUT2D eigenvalue weighted by Crippen LogP contribution is -2.25. The van der Waals surface area contributed by atoms with Gasteiger partial charge in [0.15, 0.2) is 11.7 Å². The van der Waals surface area contributed by atoms with Crippen molar-refractivity contribution in [3.8, 4) is 17.0 Å². The van der Waals surface area contributed by atoms with Crippen molar-refractivity contribution < 1.29 is 14.3 Å². The Morgan fingerprint density at radius 2 is 2.39 bits per heavy atom. The summed E-state index contributed by atoms with van der Waals surface area (Å²) in [6, 6.07) is 5.71. The summed E-state index contributed by atoms with van der Waals surface area (Å²) in [6.07, 6.45) is 2.53. The largest absolute Gasteiger partial charge is 0.482 e. The lowest BCUT2D eigenvalue weighted by atomic mass is 10.1. The van der Waals surface area contributed by atoms with Gasteiger partial charge >= 0.3 is 0 Å². The molecule has 1 fully saturated rings. The number of nitrogens with one attached hydrogen (secondary N) is 2. The lowest BCUT2D eigenvalue weighted by Gasteiger charge is -2.18. The molecule has 0 unspecified atom stereocenters. The fourth-order valence-corrected chi connectivity index (χ4v) is 3.47. The number of aromatic nitrogens is 1. The van der Waals surface area contributed by atoms with Crippen LogP contribution in [0.15, 0.2) is 23.6 Å². The molecule has 2 N–H and O–H groups in total. The van der Waals surface area contributed by atoms with Crippen molar-refractivity contribution in [3.63, 3.8) is 0 Å². The molecule has 2 aliphatic heterocycles. The molecule has 23 heavy (non-hydrogen) atoms. The molecule has 0 radical (unpaired) electrons. The molecule has 120 valence electrons. The van der Waals surface area contributed by atoms with Crippen molar-refractivity contribution >= 4 is 28.1 Å². The predicted molar refractivity (Wildman–Crippen MR) is 89.1 cm³/mol. The van der Waals surface area contributed by atoms with Gasteiger partial charge in [0.1, 0.15) is 5.75 Å². The fourth-order valence-electron chi connectivity index (χ4n) is 2.74. The van der Waals surface area contributed by atoms with Gasteiger partial charge in [-0.15, -0.1) is 11.3 Å². The van der Waals surface area contributed by atoms with Crippen molar-refractivity contribution in [1.29, 1.82) is 0 Å². The monoisotopic (exact) mass is 331 g/mol. The predicted octanol–water partition coefficient (Wildman–Crippen LogP) is 2.73. The zero-order valence-corrected chi connectivity index (χ0v) is 13.3. The zero-order chi connectivity index (χ0) is 15.6. The molecular weight excluding hydrogens is 314 g/mol. The van der Waals surface area contributed by atoms with Gasteiger partial charge in [0.2, 0.25) is 0 Å². The zero-order valence-electron chi connectivity index (χ0n) is 12.5. The molecule has 2 aromatic rings. The van der Waals surface area contributed by atoms with E-state index in [1.54, 1.807) is 11.3 Å². The van der Waals surface area contributed by atoms with Gasteiger partial charge in [-0.2, -0.15) is 0 Å². The number of anilines is 2. The van der Waals surface area contributed by atoms with Crippen LogP contribution in [0, 0.1) is 0 Å². The van der Waals surface area contributed by atoms with Gasteiger partial charge in [0.05, 0.1) is 17.5 Å². The minimum Gasteiger partial charge on any atom is -0.482 e. The van der Waals surface area contributed by atoms with E-state index in [0.717, 1.165) is 42.4 Å². The van der Waals surface area contributed by atoms with Crippen molar-refractivity contribution in [1.82, 2.24) is 4.98 Å². The van der Waals surface area contributed by atoms with Gasteiger partial charge in [0, 0.05) is 24.1 Å². The number of carbonyl (C=O) groups is 1. The molecule has 1 aromatic carbocycles. The maximum Gasteiger partial charge on any atom is 0.262 e. The Bertz CT molecular complexity index is 725. The summed E-state index contributed by atoms with van der Waals surface area (Å²) >= 11 is 1.57. The van der Waals surface area contributed by atoms with Crippen molar-refractivity contribution in [2.24, 2.45) is 0 Å². The molecule has 4 rings (SSSR count). The fraction of sp³-hybridized carbons (Fsp3) is 0.375. The van der Waals surface area contributed by atoms with E-state index in [-0.39, 0.29) is 12.5 Å². The summed E-state index contributed by atoms with van der Waals surface area (Å²) < 4.78 is 11.0. The highest BCUT2D eigenvalue weighted by atomic mass is 32.1. The number of rotatable bonds is 4. The average Bonchev–Trinajstić information content (AvgIpc) is 3.24. The summed E-state index contributed by atoms with van der Waals surface area (Å²) in [5.41, 5.74) is 2.53. The summed E-state index contributed by atoms with van der Waals surface area (Å²) in [7, 11) is 0. The number of benzene rings is 1. The first-order valence-corrected chi connectivity index (χ1v) is 8.54. The Morgan fingerprint density at radius 1 is 1.43 bits per heavy atom. The number of amides is 1. The van der Waals surface area contributed by atoms with Crippen molar-refractivity contribution in [2.75, 3.05) is 30.4 Å².